The van der Waals surface area contributed by atoms with Crippen LogP contribution in [0.5, 0.6) is 0 Å². The van der Waals surface area contributed by atoms with Crippen molar-refractivity contribution in [2.75, 3.05) is 13.2 Å². The third kappa shape index (κ3) is 2.64. The summed E-state index contributed by atoms with van der Waals surface area (Å²) >= 11 is 5.67. The van der Waals surface area contributed by atoms with E-state index >= 15 is 0 Å². The van der Waals surface area contributed by atoms with Crippen molar-refractivity contribution in [3.8, 4) is 0 Å². The van der Waals surface area contributed by atoms with Crippen molar-refractivity contribution in [3.63, 3.8) is 0 Å². The van der Waals surface area contributed by atoms with Crippen LogP contribution < -0.4 is 0 Å². The van der Waals surface area contributed by atoms with E-state index in [1.807, 2.05) is 0 Å². The second-order valence-electron chi connectivity index (χ2n) is 4.46. The SMILES string of the molecule is O=[N+]([O-])c1cc(S(=O)(=O)N2CCC[C@H]2CO)ccc1Cl. The summed E-state index contributed by atoms with van der Waals surface area (Å²) < 4.78 is 26.1. The molecule has 0 unspecified atom stereocenters. The van der Waals surface area contributed by atoms with E-state index in [0.29, 0.717) is 19.4 Å². The number of nitrogens with zero attached hydrogens (tertiary/aromatic N) is 2. The first kappa shape index (κ1) is 15.2. The molecule has 0 radical (unpaired) electrons. The van der Waals surface area contributed by atoms with E-state index in [0.717, 1.165) is 6.07 Å². The molecule has 1 atom stereocenters. The summed E-state index contributed by atoms with van der Waals surface area (Å²) in [6.45, 7) is 0.0267. The van der Waals surface area contributed by atoms with Crippen LogP contribution in [0.3, 0.4) is 0 Å². The Balaban J connectivity index is 2.44. The lowest BCUT2D eigenvalue weighted by Gasteiger charge is -2.22. The number of nitro benzene ring substituents is 1. The molecule has 1 heterocycles. The normalized spacial score (nSPS) is 20.2. The molecule has 1 aliphatic rings. The highest BCUT2D eigenvalue weighted by atomic mass is 35.5. The average molecular weight is 321 g/mol. The Labute approximate surface area is 121 Å². The van der Waals surface area contributed by atoms with Gasteiger partial charge in [0.1, 0.15) is 5.02 Å². The summed E-state index contributed by atoms with van der Waals surface area (Å²) in [5.41, 5.74) is -0.451. The first-order valence-electron chi connectivity index (χ1n) is 5.94. The molecule has 7 nitrogen and oxygen atoms in total. The van der Waals surface area contributed by atoms with Gasteiger partial charge in [-0.15, -0.1) is 0 Å². The van der Waals surface area contributed by atoms with Gasteiger partial charge in [0.2, 0.25) is 10.0 Å². The Bertz CT molecular complexity index is 634. The second-order valence-corrected chi connectivity index (χ2v) is 6.76. The zero-order valence-electron chi connectivity index (χ0n) is 10.4. The van der Waals surface area contributed by atoms with Crippen LogP contribution in [0.1, 0.15) is 12.8 Å². The van der Waals surface area contributed by atoms with Crippen LogP contribution in [0.4, 0.5) is 5.69 Å². The number of rotatable bonds is 4. The van der Waals surface area contributed by atoms with Crippen LogP contribution in [-0.4, -0.2) is 41.9 Å². The number of aliphatic hydroxyl groups is 1. The number of aliphatic hydroxyl groups excluding tert-OH is 1. The molecular weight excluding hydrogens is 308 g/mol. The van der Waals surface area contributed by atoms with Gasteiger partial charge in [0, 0.05) is 18.7 Å². The molecule has 110 valence electrons. The summed E-state index contributed by atoms with van der Waals surface area (Å²) in [7, 11) is -3.86. The number of sulfonamides is 1. The number of nitro groups is 1. The molecule has 1 N–H and O–H groups in total. The molecule has 0 aliphatic carbocycles. The van der Waals surface area contributed by atoms with Crippen molar-refractivity contribution >= 4 is 27.3 Å². The monoisotopic (exact) mass is 320 g/mol. The smallest absolute Gasteiger partial charge is 0.289 e. The highest BCUT2D eigenvalue weighted by Gasteiger charge is 2.35. The fourth-order valence-electron chi connectivity index (χ4n) is 2.24. The third-order valence-corrected chi connectivity index (χ3v) is 5.52. The van der Waals surface area contributed by atoms with Crippen LogP contribution >= 0.6 is 11.6 Å². The maximum Gasteiger partial charge on any atom is 0.289 e. The minimum atomic E-state index is -3.86. The fraction of sp³-hybridized carbons (Fsp3) is 0.455. The predicted octanol–water partition coefficient (Wildman–Crippen LogP) is 1.39. The highest BCUT2D eigenvalue weighted by molar-refractivity contribution is 7.89. The number of hydrogen-bond acceptors (Lipinski definition) is 5. The maximum absolute atomic E-state index is 12.4. The van der Waals surface area contributed by atoms with Gasteiger partial charge in [-0.2, -0.15) is 4.31 Å². The summed E-state index contributed by atoms with van der Waals surface area (Å²) in [6, 6.07) is 2.90. The van der Waals surface area contributed by atoms with Crippen molar-refractivity contribution in [2.24, 2.45) is 0 Å². The van der Waals surface area contributed by atoms with Crippen LogP contribution in [0, 0.1) is 10.1 Å². The van der Waals surface area contributed by atoms with E-state index in [2.05, 4.69) is 0 Å². The first-order chi connectivity index (χ1) is 9.37. The summed E-state index contributed by atoms with van der Waals surface area (Å²) in [5.74, 6) is 0. The molecule has 1 fully saturated rings. The van der Waals surface area contributed by atoms with Crippen LogP contribution in [-0.2, 0) is 10.0 Å². The first-order valence-corrected chi connectivity index (χ1v) is 7.76. The second kappa shape index (κ2) is 5.65. The minimum Gasteiger partial charge on any atom is -0.395 e. The van der Waals surface area contributed by atoms with Gasteiger partial charge >= 0.3 is 0 Å². The van der Waals surface area contributed by atoms with Gasteiger partial charge < -0.3 is 5.11 Å². The molecule has 0 amide bonds. The third-order valence-electron chi connectivity index (χ3n) is 3.25. The van der Waals surface area contributed by atoms with Gasteiger partial charge in [-0.25, -0.2) is 8.42 Å². The Kier molecular flexibility index (Phi) is 4.28. The van der Waals surface area contributed by atoms with Gasteiger partial charge in [-0.05, 0) is 25.0 Å². The van der Waals surface area contributed by atoms with Gasteiger partial charge in [0.05, 0.1) is 16.4 Å². The van der Waals surface area contributed by atoms with E-state index in [4.69, 9.17) is 11.6 Å². The van der Waals surface area contributed by atoms with Crippen molar-refractivity contribution in [3.05, 3.63) is 33.3 Å². The lowest BCUT2D eigenvalue weighted by molar-refractivity contribution is -0.384. The van der Waals surface area contributed by atoms with E-state index in [1.54, 1.807) is 0 Å². The van der Waals surface area contributed by atoms with Crippen LogP contribution in [0.15, 0.2) is 23.1 Å². The quantitative estimate of drug-likeness (QED) is 0.667. The zero-order valence-corrected chi connectivity index (χ0v) is 12.0. The van der Waals surface area contributed by atoms with Crippen molar-refractivity contribution in [1.29, 1.82) is 0 Å². The van der Waals surface area contributed by atoms with Gasteiger partial charge in [-0.3, -0.25) is 10.1 Å². The molecule has 2 rings (SSSR count). The highest BCUT2D eigenvalue weighted by Crippen LogP contribution is 2.31. The molecule has 1 aliphatic heterocycles. The summed E-state index contributed by atoms with van der Waals surface area (Å²) in [4.78, 5) is 9.90. The van der Waals surface area contributed by atoms with E-state index in [1.165, 1.54) is 16.4 Å². The minimum absolute atomic E-state index is 0.117. The van der Waals surface area contributed by atoms with E-state index < -0.39 is 26.7 Å². The maximum atomic E-state index is 12.4. The molecule has 0 spiro atoms. The molecule has 0 saturated carbocycles. The van der Waals surface area contributed by atoms with Gasteiger partial charge in [0.25, 0.3) is 5.69 Å². The molecule has 1 aromatic rings. The number of halogens is 1. The fourth-order valence-corrected chi connectivity index (χ4v) is 4.13. The Hall–Kier alpha value is -1.22. The molecule has 9 heteroatoms. The molecule has 0 aromatic heterocycles. The Morgan fingerprint density at radius 1 is 1.50 bits per heavy atom. The van der Waals surface area contributed by atoms with E-state index in [9.17, 15) is 23.6 Å². The molecular formula is C11H13ClN2O5S. The van der Waals surface area contributed by atoms with Gasteiger partial charge in [0.15, 0.2) is 0 Å². The molecule has 1 saturated heterocycles. The standard InChI is InChI=1S/C11H13ClN2O5S/c12-10-4-3-9(6-11(10)14(16)17)20(18,19)13-5-1-2-8(13)7-15/h3-4,6,8,15H,1-2,5,7H2/t8-/m0/s1. The van der Waals surface area contributed by atoms with Crippen molar-refractivity contribution in [2.45, 2.75) is 23.8 Å². The predicted molar refractivity (Wildman–Crippen MR) is 72.1 cm³/mol. The van der Waals surface area contributed by atoms with Crippen LogP contribution in [0.25, 0.3) is 0 Å². The molecule has 20 heavy (non-hydrogen) atoms. The average Bonchev–Trinajstić information content (AvgIpc) is 2.87. The Morgan fingerprint density at radius 3 is 2.80 bits per heavy atom. The molecule has 0 bridgehead atoms. The van der Waals surface area contributed by atoms with Crippen molar-refractivity contribution in [1.82, 2.24) is 4.31 Å². The van der Waals surface area contributed by atoms with Crippen molar-refractivity contribution < 1.29 is 18.4 Å². The largest absolute Gasteiger partial charge is 0.395 e. The summed E-state index contributed by atoms with van der Waals surface area (Å²) in [6.07, 6.45) is 1.23. The van der Waals surface area contributed by atoms with Crippen LogP contribution in [0.2, 0.25) is 5.02 Å². The van der Waals surface area contributed by atoms with Gasteiger partial charge in [-0.1, -0.05) is 11.6 Å². The summed E-state index contributed by atoms with van der Waals surface area (Å²) in [5, 5.41) is 19.9. The number of hydrogen-bond donors (Lipinski definition) is 1. The molecule has 1 aromatic carbocycles. The Morgan fingerprint density at radius 2 is 2.20 bits per heavy atom. The number of benzene rings is 1. The zero-order chi connectivity index (χ0) is 14.9. The lowest BCUT2D eigenvalue weighted by atomic mass is 10.2. The lowest BCUT2D eigenvalue weighted by Crippen LogP contribution is -2.37. The topological polar surface area (TPSA) is 101 Å². The van der Waals surface area contributed by atoms with E-state index in [-0.39, 0.29) is 16.5 Å².